The lowest BCUT2D eigenvalue weighted by atomic mass is 9.81. The Morgan fingerprint density at radius 2 is 0.750 bits per heavy atom. The van der Waals surface area contributed by atoms with E-state index in [0.29, 0.717) is 0 Å². The molecule has 0 N–H and O–H groups in total. The van der Waals surface area contributed by atoms with Gasteiger partial charge in [-0.2, -0.15) is 0 Å². The van der Waals surface area contributed by atoms with Crippen LogP contribution in [-0.4, -0.2) is 0 Å². The van der Waals surface area contributed by atoms with E-state index in [1.807, 2.05) is 0 Å². The predicted molar refractivity (Wildman–Crippen MR) is 255 cm³/mol. The van der Waals surface area contributed by atoms with Crippen LogP contribution in [0.5, 0.6) is 0 Å². The van der Waals surface area contributed by atoms with Gasteiger partial charge in [-0.25, -0.2) is 0 Å². The van der Waals surface area contributed by atoms with Crippen LogP contribution in [0.15, 0.2) is 224 Å². The quantitative estimate of drug-likeness (QED) is 0.156. The summed E-state index contributed by atoms with van der Waals surface area (Å²) in [5, 5.41) is 4.98. The molecule has 0 bridgehead atoms. The number of rotatable bonds is 7. The first-order valence-electron chi connectivity index (χ1n) is 20.9. The van der Waals surface area contributed by atoms with Gasteiger partial charge in [0.1, 0.15) is 0 Å². The molecule has 0 radical (unpaired) electrons. The molecule has 0 saturated carbocycles. The zero-order valence-corrected chi connectivity index (χ0v) is 33.8. The van der Waals surface area contributed by atoms with Gasteiger partial charge >= 0.3 is 0 Å². The molecule has 284 valence electrons. The summed E-state index contributed by atoms with van der Waals surface area (Å²) >= 11 is 0. The highest BCUT2D eigenvalue weighted by Crippen LogP contribution is 2.52. The van der Waals surface area contributed by atoms with Gasteiger partial charge in [-0.15, -0.1) is 0 Å². The molecule has 0 atom stereocenters. The first-order valence-corrected chi connectivity index (χ1v) is 20.9. The highest BCUT2D eigenvalue weighted by Gasteiger charge is 2.36. The largest absolute Gasteiger partial charge is 0.310 e. The van der Waals surface area contributed by atoms with E-state index in [1.54, 1.807) is 0 Å². The molecule has 1 aliphatic carbocycles. The van der Waals surface area contributed by atoms with Crippen LogP contribution in [0.25, 0.3) is 77.2 Å². The first-order chi connectivity index (χ1) is 29.5. The summed E-state index contributed by atoms with van der Waals surface area (Å²) in [6, 6.07) is 82.3. The van der Waals surface area contributed by atoms with Gasteiger partial charge in [0.05, 0.1) is 0 Å². The Morgan fingerprint density at radius 1 is 0.283 bits per heavy atom. The molecule has 0 saturated heterocycles. The number of benzene rings is 10. The zero-order valence-electron chi connectivity index (χ0n) is 33.8. The molecule has 0 heterocycles. The molecule has 0 spiro atoms. The van der Waals surface area contributed by atoms with Crippen molar-refractivity contribution in [3.05, 3.63) is 236 Å². The van der Waals surface area contributed by atoms with Crippen molar-refractivity contribution in [3.8, 4) is 55.6 Å². The van der Waals surface area contributed by atoms with Gasteiger partial charge in [-0.3, -0.25) is 0 Å². The summed E-state index contributed by atoms with van der Waals surface area (Å²) in [6.45, 7) is 4.76. The monoisotopic (exact) mass is 765 g/mol. The molecule has 10 aromatic carbocycles. The van der Waals surface area contributed by atoms with Gasteiger partial charge in [0.2, 0.25) is 0 Å². The van der Waals surface area contributed by atoms with Crippen LogP contribution in [0.4, 0.5) is 17.1 Å². The summed E-state index contributed by atoms with van der Waals surface area (Å²) in [5.41, 5.74) is 18.4. The minimum absolute atomic E-state index is 0.190. The highest BCUT2D eigenvalue weighted by molar-refractivity contribution is 5.97. The van der Waals surface area contributed by atoms with E-state index < -0.39 is 0 Å². The van der Waals surface area contributed by atoms with Crippen LogP contribution in [-0.2, 0) is 5.41 Å². The Balaban J connectivity index is 0.931. The van der Waals surface area contributed by atoms with Crippen LogP contribution < -0.4 is 4.90 Å². The van der Waals surface area contributed by atoms with E-state index in [-0.39, 0.29) is 5.41 Å². The van der Waals surface area contributed by atoms with E-state index in [2.05, 4.69) is 243 Å². The first kappa shape index (κ1) is 35.7. The van der Waals surface area contributed by atoms with Crippen molar-refractivity contribution in [1.29, 1.82) is 0 Å². The van der Waals surface area contributed by atoms with Crippen LogP contribution in [0.3, 0.4) is 0 Å². The maximum Gasteiger partial charge on any atom is 0.0468 e. The molecule has 0 aromatic heterocycles. The number of nitrogens with zero attached hydrogens (tertiary/aromatic N) is 1. The Bertz CT molecular complexity index is 3190. The van der Waals surface area contributed by atoms with E-state index >= 15 is 0 Å². The molecule has 11 rings (SSSR count). The molecular formula is C59H43N. The Kier molecular flexibility index (Phi) is 8.57. The SMILES string of the molecule is CC1(C)c2cc(-c3ccc(-c4ccc(-c5ccccc5)cc4)cc3)ccc2-c2ccc(N(c3ccc(-c4cccc5ccccc45)cc3)c3ccc4ccccc4c3)cc21. The summed E-state index contributed by atoms with van der Waals surface area (Å²) in [7, 11) is 0. The second-order valence-corrected chi connectivity index (χ2v) is 16.6. The fraction of sp³-hybridized carbons (Fsp3) is 0.0508. The molecule has 10 aromatic rings. The number of anilines is 3. The van der Waals surface area contributed by atoms with Crippen LogP contribution >= 0.6 is 0 Å². The molecule has 0 amide bonds. The standard InChI is InChI=1S/C59H43N/c1-59(2)57-38-49(45-25-23-44(24-26-45)43-21-19-42(20-22-43)40-11-4-3-5-12-40)30-35-55(57)56-36-34-52(39-58(56)59)60(51-33-27-41-13-6-7-15-48(41)37-51)50-31-28-47(29-32-50)54-18-10-16-46-14-8-9-17-53(46)54/h3-39H,1-2H3. The van der Waals surface area contributed by atoms with Gasteiger partial charge in [-0.1, -0.05) is 196 Å². The number of hydrogen-bond donors (Lipinski definition) is 0. The van der Waals surface area contributed by atoms with Gasteiger partial charge in [0.15, 0.2) is 0 Å². The van der Waals surface area contributed by atoms with Crippen molar-refractivity contribution >= 4 is 38.6 Å². The molecule has 60 heavy (non-hydrogen) atoms. The fourth-order valence-electron chi connectivity index (χ4n) is 9.42. The second-order valence-electron chi connectivity index (χ2n) is 16.6. The fourth-order valence-corrected chi connectivity index (χ4v) is 9.42. The van der Waals surface area contributed by atoms with Crippen LogP contribution in [0.2, 0.25) is 0 Å². The van der Waals surface area contributed by atoms with Gasteiger partial charge in [0.25, 0.3) is 0 Å². The molecular weight excluding hydrogens is 723 g/mol. The summed E-state index contributed by atoms with van der Waals surface area (Å²) < 4.78 is 0. The maximum absolute atomic E-state index is 2.43. The van der Waals surface area contributed by atoms with Gasteiger partial charge in [0, 0.05) is 22.5 Å². The van der Waals surface area contributed by atoms with Gasteiger partial charge < -0.3 is 4.90 Å². The lowest BCUT2D eigenvalue weighted by Gasteiger charge is -2.28. The topological polar surface area (TPSA) is 3.24 Å². The van der Waals surface area contributed by atoms with E-state index in [1.165, 1.54) is 88.3 Å². The summed E-state index contributed by atoms with van der Waals surface area (Å²) in [6.07, 6.45) is 0. The summed E-state index contributed by atoms with van der Waals surface area (Å²) in [5.74, 6) is 0. The molecule has 1 aliphatic rings. The molecule has 1 nitrogen and oxygen atoms in total. The predicted octanol–water partition coefficient (Wildman–Crippen LogP) is 16.4. The lowest BCUT2D eigenvalue weighted by Crippen LogP contribution is -2.16. The van der Waals surface area contributed by atoms with Gasteiger partial charge in [-0.05, 0) is 131 Å². The van der Waals surface area contributed by atoms with E-state index in [0.717, 1.165) is 17.1 Å². The smallest absolute Gasteiger partial charge is 0.0468 e. The van der Waals surface area contributed by atoms with E-state index in [9.17, 15) is 0 Å². The molecule has 1 heteroatoms. The van der Waals surface area contributed by atoms with Crippen molar-refractivity contribution in [2.75, 3.05) is 4.90 Å². The average Bonchev–Trinajstić information content (AvgIpc) is 3.54. The maximum atomic E-state index is 2.43. The van der Waals surface area contributed by atoms with Crippen molar-refractivity contribution in [2.24, 2.45) is 0 Å². The van der Waals surface area contributed by atoms with Crippen LogP contribution in [0, 0.1) is 0 Å². The average molecular weight is 766 g/mol. The third kappa shape index (κ3) is 6.19. The second kappa shape index (κ2) is 14.4. The van der Waals surface area contributed by atoms with Crippen molar-refractivity contribution in [2.45, 2.75) is 19.3 Å². The van der Waals surface area contributed by atoms with E-state index in [4.69, 9.17) is 0 Å². The lowest BCUT2D eigenvalue weighted by molar-refractivity contribution is 0.660. The van der Waals surface area contributed by atoms with Crippen molar-refractivity contribution < 1.29 is 0 Å². The minimum Gasteiger partial charge on any atom is -0.310 e. The van der Waals surface area contributed by atoms with Crippen LogP contribution in [0.1, 0.15) is 25.0 Å². The van der Waals surface area contributed by atoms with Crippen molar-refractivity contribution in [1.82, 2.24) is 0 Å². The Hall–Kier alpha value is -7.48. The molecule has 0 fully saturated rings. The highest BCUT2D eigenvalue weighted by atomic mass is 15.1. The number of hydrogen-bond acceptors (Lipinski definition) is 1. The normalized spacial score (nSPS) is 12.6. The summed E-state index contributed by atoms with van der Waals surface area (Å²) in [4.78, 5) is 2.42. The molecule has 0 aliphatic heterocycles. The minimum atomic E-state index is -0.190. The Morgan fingerprint density at radius 3 is 1.45 bits per heavy atom. The van der Waals surface area contributed by atoms with Crippen molar-refractivity contribution in [3.63, 3.8) is 0 Å². The Labute approximate surface area is 352 Å². The third-order valence-electron chi connectivity index (χ3n) is 12.7. The number of fused-ring (bicyclic) bond motifs is 5. The third-order valence-corrected chi connectivity index (χ3v) is 12.7. The zero-order chi connectivity index (χ0) is 40.2. The molecule has 0 unspecified atom stereocenters.